The van der Waals surface area contributed by atoms with Gasteiger partial charge in [0.15, 0.2) is 6.29 Å². The molecular weight excluding hydrogens is 240 g/mol. The monoisotopic (exact) mass is 258 g/mol. The Morgan fingerprint density at radius 2 is 2.16 bits per heavy atom. The molecule has 0 unspecified atom stereocenters. The summed E-state index contributed by atoms with van der Waals surface area (Å²) in [6.45, 7) is 4.45. The third-order valence-electron chi connectivity index (χ3n) is 2.98. The van der Waals surface area contributed by atoms with Crippen LogP contribution in [0.25, 0.3) is 10.9 Å². The van der Waals surface area contributed by atoms with Crippen molar-refractivity contribution in [2.24, 2.45) is 0 Å². The van der Waals surface area contributed by atoms with Gasteiger partial charge in [0.05, 0.1) is 5.52 Å². The summed E-state index contributed by atoms with van der Waals surface area (Å²) >= 11 is 0. The van der Waals surface area contributed by atoms with Crippen molar-refractivity contribution in [1.82, 2.24) is 9.88 Å². The Morgan fingerprint density at radius 1 is 1.37 bits per heavy atom. The van der Waals surface area contributed by atoms with Gasteiger partial charge >= 0.3 is 0 Å². The van der Waals surface area contributed by atoms with E-state index in [4.69, 9.17) is 0 Å². The predicted molar refractivity (Wildman–Crippen MR) is 75.2 cm³/mol. The second kappa shape index (κ2) is 5.69. The number of amides is 1. The first kappa shape index (κ1) is 13.3. The highest BCUT2D eigenvalue weighted by molar-refractivity contribution is 5.96. The summed E-state index contributed by atoms with van der Waals surface area (Å²) in [5.74, 6) is 0.0282. The number of benzene rings is 1. The second-order valence-corrected chi connectivity index (χ2v) is 4.88. The third kappa shape index (κ3) is 3.02. The fourth-order valence-electron chi connectivity index (χ4n) is 2.19. The lowest BCUT2D eigenvalue weighted by Crippen LogP contribution is -2.30. The minimum Gasteiger partial charge on any atom is -0.354 e. The summed E-state index contributed by atoms with van der Waals surface area (Å²) in [5, 5.41) is 3.88. The molecule has 4 heteroatoms. The fraction of sp³-hybridized carbons (Fsp3) is 0.333. The van der Waals surface area contributed by atoms with E-state index in [0.29, 0.717) is 18.5 Å². The van der Waals surface area contributed by atoms with E-state index in [1.165, 1.54) is 0 Å². The van der Waals surface area contributed by atoms with Crippen LogP contribution in [0.3, 0.4) is 0 Å². The molecule has 0 radical (unpaired) electrons. The van der Waals surface area contributed by atoms with Crippen molar-refractivity contribution in [3.05, 3.63) is 36.0 Å². The lowest BCUT2D eigenvalue weighted by molar-refractivity contribution is -0.121. The van der Waals surface area contributed by atoms with E-state index in [1.54, 1.807) is 6.07 Å². The molecule has 1 heterocycles. The van der Waals surface area contributed by atoms with E-state index in [-0.39, 0.29) is 11.9 Å². The molecule has 19 heavy (non-hydrogen) atoms. The molecule has 0 saturated carbocycles. The van der Waals surface area contributed by atoms with E-state index in [2.05, 4.69) is 5.32 Å². The van der Waals surface area contributed by atoms with E-state index < -0.39 is 0 Å². The van der Waals surface area contributed by atoms with Gasteiger partial charge < -0.3 is 9.88 Å². The summed E-state index contributed by atoms with van der Waals surface area (Å²) in [4.78, 5) is 22.7. The van der Waals surface area contributed by atoms with Crippen LogP contribution in [0.4, 0.5) is 0 Å². The minimum absolute atomic E-state index is 0.0282. The molecule has 0 spiro atoms. The lowest BCUT2D eigenvalue weighted by Gasteiger charge is -2.10. The quantitative estimate of drug-likeness (QED) is 0.837. The Morgan fingerprint density at radius 3 is 2.84 bits per heavy atom. The number of carbonyl (C=O) groups excluding carboxylic acids is 2. The fourth-order valence-corrected chi connectivity index (χ4v) is 2.19. The number of para-hydroxylation sites is 1. The zero-order chi connectivity index (χ0) is 13.8. The Kier molecular flexibility index (Phi) is 4.00. The summed E-state index contributed by atoms with van der Waals surface area (Å²) in [6, 6.07) is 7.73. The van der Waals surface area contributed by atoms with Crippen molar-refractivity contribution < 1.29 is 9.59 Å². The minimum atomic E-state index is 0.0282. The molecule has 0 saturated heterocycles. The zero-order valence-corrected chi connectivity index (χ0v) is 11.2. The molecule has 0 atom stereocenters. The number of aldehydes is 1. The SMILES string of the molecule is CC(C)NC(=O)CCn1ccc2cccc(C=O)c21. The summed E-state index contributed by atoms with van der Waals surface area (Å²) in [6.07, 6.45) is 3.18. The molecular formula is C15H18N2O2. The Bertz CT molecular complexity index is 599. The van der Waals surface area contributed by atoms with E-state index in [0.717, 1.165) is 17.2 Å². The number of hydrogen-bond acceptors (Lipinski definition) is 2. The van der Waals surface area contributed by atoms with E-state index in [9.17, 15) is 9.59 Å². The zero-order valence-electron chi connectivity index (χ0n) is 11.2. The first-order valence-electron chi connectivity index (χ1n) is 6.44. The molecule has 4 nitrogen and oxygen atoms in total. The molecule has 0 aliphatic rings. The average molecular weight is 258 g/mol. The lowest BCUT2D eigenvalue weighted by atomic mass is 10.1. The van der Waals surface area contributed by atoms with Gasteiger partial charge in [-0.1, -0.05) is 12.1 Å². The van der Waals surface area contributed by atoms with Crippen molar-refractivity contribution >= 4 is 23.1 Å². The van der Waals surface area contributed by atoms with Crippen LogP contribution in [0.15, 0.2) is 30.5 Å². The van der Waals surface area contributed by atoms with Gasteiger partial charge in [0.1, 0.15) is 0 Å². The summed E-state index contributed by atoms with van der Waals surface area (Å²) in [7, 11) is 0. The maximum atomic E-state index is 11.6. The van der Waals surface area contributed by atoms with Crippen LogP contribution in [-0.4, -0.2) is 22.8 Å². The number of hydrogen-bond donors (Lipinski definition) is 1. The van der Waals surface area contributed by atoms with Crippen LogP contribution < -0.4 is 5.32 Å². The largest absolute Gasteiger partial charge is 0.354 e. The van der Waals surface area contributed by atoms with Gasteiger partial charge in [-0.25, -0.2) is 0 Å². The third-order valence-corrected chi connectivity index (χ3v) is 2.98. The number of carbonyl (C=O) groups is 2. The number of fused-ring (bicyclic) bond motifs is 1. The molecule has 100 valence electrons. The molecule has 2 rings (SSSR count). The maximum absolute atomic E-state index is 11.6. The Balaban J connectivity index is 2.17. The maximum Gasteiger partial charge on any atom is 0.221 e. The van der Waals surface area contributed by atoms with E-state index in [1.807, 2.05) is 42.8 Å². The Labute approximate surface area is 112 Å². The van der Waals surface area contributed by atoms with Crippen molar-refractivity contribution in [3.63, 3.8) is 0 Å². The number of aryl methyl sites for hydroxylation is 1. The van der Waals surface area contributed by atoms with Gasteiger partial charge in [-0.3, -0.25) is 9.59 Å². The molecule has 0 bridgehead atoms. The first-order valence-corrected chi connectivity index (χ1v) is 6.44. The summed E-state index contributed by atoms with van der Waals surface area (Å²) < 4.78 is 1.96. The normalized spacial score (nSPS) is 10.9. The molecule has 1 aromatic carbocycles. The van der Waals surface area contributed by atoms with Crippen molar-refractivity contribution in [3.8, 4) is 0 Å². The molecule has 2 aromatic rings. The molecule has 0 aliphatic carbocycles. The number of aromatic nitrogens is 1. The van der Waals surface area contributed by atoms with Gasteiger partial charge in [-0.15, -0.1) is 0 Å². The topological polar surface area (TPSA) is 51.1 Å². The van der Waals surface area contributed by atoms with Crippen LogP contribution in [-0.2, 0) is 11.3 Å². The standard InChI is InChI=1S/C15H18N2O2/c1-11(2)16-14(19)7-9-17-8-6-12-4-3-5-13(10-18)15(12)17/h3-6,8,10-11H,7,9H2,1-2H3,(H,16,19). The smallest absolute Gasteiger partial charge is 0.221 e. The van der Waals surface area contributed by atoms with Crippen LogP contribution in [0, 0.1) is 0 Å². The molecule has 0 fully saturated rings. The average Bonchev–Trinajstić information content (AvgIpc) is 2.78. The second-order valence-electron chi connectivity index (χ2n) is 4.88. The number of nitrogens with one attached hydrogen (secondary N) is 1. The van der Waals surface area contributed by atoms with Crippen molar-refractivity contribution in [2.45, 2.75) is 32.9 Å². The van der Waals surface area contributed by atoms with Gasteiger partial charge in [-0.2, -0.15) is 0 Å². The highest BCUT2D eigenvalue weighted by Gasteiger charge is 2.08. The summed E-state index contributed by atoms with van der Waals surface area (Å²) in [5.41, 5.74) is 1.56. The van der Waals surface area contributed by atoms with Crippen LogP contribution in [0.5, 0.6) is 0 Å². The van der Waals surface area contributed by atoms with Gasteiger partial charge in [0, 0.05) is 36.2 Å². The van der Waals surface area contributed by atoms with Crippen LogP contribution in [0.1, 0.15) is 30.6 Å². The van der Waals surface area contributed by atoms with Crippen LogP contribution >= 0.6 is 0 Å². The molecule has 1 aromatic heterocycles. The predicted octanol–water partition coefficient (Wildman–Crippen LogP) is 2.37. The molecule has 1 N–H and O–H groups in total. The number of nitrogens with zero attached hydrogens (tertiary/aromatic N) is 1. The van der Waals surface area contributed by atoms with E-state index >= 15 is 0 Å². The van der Waals surface area contributed by atoms with Gasteiger partial charge in [-0.05, 0) is 26.0 Å². The molecule has 1 amide bonds. The van der Waals surface area contributed by atoms with Crippen LogP contribution in [0.2, 0.25) is 0 Å². The highest BCUT2D eigenvalue weighted by Crippen LogP contribution is 2.19. The molecule has 0 aliphatic heterocycles. The first-order chi connectivity index (χ1) is 9.11. The van der Waals surface area contributed by atoms with Gasteiger partial charge in [0.2, 0.25) is 5.91 Å². The highest BCUT2D eigenvalue weighted by atomic mass is 16.1. The number of rotatable bonds is 5. The van der Waals surface area contributed by atoms with Crippen molar-refractivity contribution in [2.75, 3.05) is 0 Å². The van der Waals surface area contributed by atoms with Gasteiger partial charge in [0.25, 0.3) is 0 Å². The van der Waals surface area contributed by atoms with Crippen molar-refractivity contribution in [1.29, 1.82) is 0 Å². The Hall–Kier alpha value is -2.10.